The summed E-state index contributed by atoms with van der Waals surface area (Å²) in [6.45, 7) is 8.44. The van der Waals surface area contributed by atoms with Crippen LogP contribution in [0.1, 0.15) is 34.1 Å². The van der Waals surface area contributed by atoms with E-state index in [-0.39, 0.29) is 18.0 Å². The fourth-order valence-corrected chi connectivity index (χ4v) is 1.77. The molecule has 0 bridgehead atoms. The number of likely N-dealkylation sites (tertiary alicyclic amines) is 1. The Hall–Kier alpha value is -1.52. The minimum Gasteiger partial charge on any atom is -0.444 e. The van der Waals surface area contributed by atoms with E-state index in [2.05, 4.69) is 5.32 Å². The van der Waals surface area contributed by atoms with Crippen LogP contribution in [0.4, 0.5) is 4.79 Å². The second kappa shape index (κ2) is 5.89. The van der Waals surface area contributed by atoms with Crippen LogP contribution in [-0.2, 0) is 9.53 Å². The van der Waals surface area contributed by atoms with E-state index in [1.807, 2.05) is 20.8 Å². The lowest BCUT2D eigenvalue weighted by Crippen LogP contribution is -2.39. The molecule has 0 aromatic heterocycles. The maximum Gasteiger partial charge on any atom is 0.410 e. The highest BCUT2D eigenvalue weighted by Crippen LogP contribution is 2.15. The number of allylic oxidation sites excluding steroid dienone is 1. The molecule has 1 aliphatic rings. The maximum atomic E-state index is 11.8. The van der Waals surface area contributed by atoms with Gasteiger partial charge < -0.3 is 15.0 Å². The summed E-state index contributed by atoms with van der Waals surface area (Å²) >= 11 is 0. The second-order valence-corrected chi connectivity index (χ2v) is 5.42. The summed E-state index contributed by atoms with van der Waals surface area (Å²) in [5.74, 6) is -0.117. The molecule has 18 heavy (non-hydrogen) atoms. The van der Waals surface area contributed by atoms with E-state index in [0.717, 1.165) is 6.42 Å². The van der Waals surface area contributed by atoms with Crippen LogP contribution < -0.4 is 5.32 Å². The first-order valence-corrected chi connectivity index (χ1v) is 6.23. The van der Waals surface area contributed by atoms with Gasteiger partial charge in [0.2, 0.25) is 5.91 Å². The molecule has 0 aromatic rings. The maximum absolute atomic E-state index is 11.8. The number of rotatable bonds is 2. The normalized spacial score (nSPS) is 20.2. The van der Waals surface area contributed by atoms with Gasteiger partial charge in [-0.25, -0.2) is 4.79 Å². The molecule has 5 nitrogen and oxygen atoms in total. The van der Waals surface area contributed by atoms with Crippen LogP contribution in [0.5, 0.6) is 0 Å². The average Bonchev–Trinajstić information content (AvgIpc) is 2.63. The topological polar surface area (TPSA) is 58.6 Å². The molecule has 0 spiro atoms. The molecule has 1 N–H and O–H groups in total. The van der Waals surface area contributed by atoms with E-state index in [0.29, 0.717) is 13.1 Å². The van der Waals surface area contributed by atoms with E-state index in [1.54, 1.807) is 17.9 Å². The lowest BCUT2D eigenvalue weighted by Gasteiger charge is -2.24. The minimum atomic E-state index is -0.483. The third-order valence-corrected chi connectivity index (χ3v) is 2.50. The van der Waals surface area contributed by atoms with Crippen molar-refractivity contribution in [1.82, 2.24) is 10.2 Å². The van der Waals surface area contributed by atoms with Gasteiger partial charge in [-0.3, -0.25) is 4.79 Å². The molecule has 2 amide bonds. The number of carbonyl (C=O) groups is 2. The van der Waals surface area contributed by atoms with Gasteiger partial charge in [0.1, 0.15) is 5.60 Å². The molecule has 102 valence electrons. The molecule has 1 aliphatic heterocycles. The molecular formula is C13H22N2O3. The summed E-state index contributed by atoms with van der Waals surface area (Å²) in [5.41, 5.74) is -0.483. The van der Waals surface area contributed by atoms with E-state index < -0.39 is 5.60 Å². The summed E-state index contributed by atoms with van der Waals surface area (Å²) in [6, 6.07) is 0.0150. The van der Waals surface area contributed by atoms with Gasteiger partial charge >= 0.3 is 6.09 Å². The predicted molar refractivity (Wildman–Crippen MR) is 69.2 cm³/mol. The number of nitrogens with zero attached hydrogens (tertiary/aromatic N) is 1. The lowest BCUT2D eigenvalue weighted by molar-refractivity contribution is -0.117. The van der Waals surface area contributed by atoms with Crippen molar-refractivity contribution in [1.29, 1.82) is 0 Å². The zero-order valence-corrected chi connectivity index (χ0v) is 11.5. The molecule has 1 atom stereocenters. The van der Waals surface area contributed by atoms with Crippen molar-refractivity contribution in [3.8, 4) is 0 Å². The summed E-state index contributed by atoms with van der Waals surface area (Å²) in [4.78, 5) is 24.8. The fraction of sp³-hybridized carbons (Fsp3) is 0.692. The molecule has 0 aromatic carbocycles. The predicted octanol–water partition coefficient (Wildman–Crippen LogP) is 1.69. The quantitative estimate of drug-likeness (QED) is 0.763. The highest BCUT2D eigenvalue weighted by molar-refractivity contribution is 5.87. The Morgan fingerprint density at radius 1 is 1.39 bits per heavy atom. The molecule has 0 saturated carbocycles. The lowest BCUT2D eigenvalue weighted by atomic mass is 10.2. The van der Waals surface area contributed by atoms with Gasteiger partial charge in [-0.1, -0.05) is 6.08 Å². The molecule has 5 heteroatoms. The summed E-state index contributed by atoms with van der Waals surface area (Å²) in [7, 11) is 0. The number of hydrogen-bond acceptors (Lipinski definition) is 3. The van der Waals surface area contributed by atoms with E-state index in [1.165, 1.54) is 6.08 Å². The largest absolute Gasteiger partial charge is 0.444 e. The Balaban J connectivity index is 2.41. The molecule has 0 radical (unpaired) electrons. The number of carbonyl (C=O) groups excluding carboxylic acids is 2. The molecule has 1 fully saturated rings. The molecule has 0 aliphatic carbocycles. The van der Waals surface area contributed by atoms with Crippen LogP contribution in [0, 0.1) is 0 Å². The van der Waals surface area contributed by atoms with Gasteiger partial charge in [0.25, 0.3) is 0 Å². The van der Waals surface area contributed by atoms with Crippen LogP contribution in [0.15, 0.2) is 12.2 Å². The van der Waals surface area contributed by atoms with Crippen LogP contribution in [0.3, 0.4) is 0 Å². The van der Waals surface area contributed by atoms with Crippen molar-refractivity contribution in [2.45, 2.75) is 45.8 Å². The van der Waals surface area contributed by atoms with Crippen LogP contribution in [-0.4, -0.2) is 41.6 Å². The van der Waals surface area contributed by atoms with Crippen molar-refractivity contribution in [2.75, 3.05) is 13.1 Å². The average molecular weight is 254 g/mol. The molecule has 1 heterocycles. The number of amides is 2. The molecular weight excluding hydrogens is 232 g/mol. The van der Waals surface area contributed by atoms with Crippen molar-refractivity contribution >= 4 is 12.0 Å². The SMILES string of the molecule is C/C=C/C(=O)NC1CCN(C(=O)OC(C)(C)C)C1. The van der Waals surface area contributed by atoms with Gasteiger partial charge in [0, 0.05) is 19.1 Å². The number of ether oxygens (including phenoxy) is 1. The van der Waals surface area contributed by atoms with Crippen LogP contribution in [0.25, 0.3) is 0 Å². The van der Waals surface area contributed by atoms with Crippen molar-refractivity contribution in [3.63, 3.8) is 0 Å². The Morgan fingerprint density at radius 3 is 2.61 bits per heavy atom. The smallest absolute Gasteiger partial charge is 0.410 e. The van der Waals surface area contributed by atoms with Crippen molar-refractivity contribution in [2.24, 2.45) is 0 Å². The van der Waals surface area contributed by atoms with Gasteiger partial charge in [-0.15, -0.1) is 0 Å². The minimum absolute atomic E-state index is 0.0150. The van der Waals surface area contributed by atoms with E-state index >= 15 is 0 Å². The first-order valence-electron chi connectivity index (χ1n) is 6.23. The van der Waals surface area contributed by atoms with Crippen LogP contribution >= 0.6 is 0 Å². The molecule has 1 unspecified atom stereocenters. The Kier molecular flexibility index (Phi) is 4.76. The third-order valence-electron chi connectivity index (χ3n) is 2.50. The van der Waals surface area contributed by atoms with Gasteiger partial charge in [0.05, 0.1) is 0 Å². The number of hydrogen-bond donors (Lipinski definition) is 1. The van der Waals surface area contributed by atoms with Crippen molar-refractivity contribution < 1.29 is 14.3 Å². The Bertz CT molecular complexity index is 345. The van der Waals surface area contributed by atoms with Crippen LogP contribution in [0.2, 0.25) is 0 Å². The highest BCUT2D eigenvalue weighted by atomic mass is 16.6. The Labute approximate surface area is 108 Å². The summed E-state index contributed by atoms with van der Waals surface area (Å²) in [5, 5.41) is 2.85. The molecule has 1 saturated heterocycles. The van der Waals surface area contributed by atoms with Gasteiger partial charge in [-0.2, -0.15) is 0 Å². The van der Waals surface area contributed by atoms with Gasteiger partial charge in [0.15, 0.2) is 0 Å². The van der Waals surface area contributed by atoms with Gasteiger partial charge in [-0.05, 0) is 40.2 Å². The zero-order valence-electron chi connectivity index (χ0n) is 11.5. The fourth-order valence-electron chi connectivity index (χ4n) is 1.77. The number of nitrogens with one attached hydrogen (secondary N) is 1. The monoisotopic (exact) mass is 254 g/mol. The first-order chi connectivity index (χ1) is 8.31. The van der Waals surface area contributed by atoms with E-state index in [9.17, 15) is 9.59 Å². The zero-order chi connectivity index (χ0) is 13.8. The summed E-state index contributed by atoms with van der Waals surface area (Å²) in [6.07, 6.45) is 3.62. The van der Waals surface area contributed by atoms with E-state index in [4.69, 9.17) is 4.74 Å². The first kappa shape index (κ1) is 14.5. The standard InChI is InChI=1S/C13H22N2O3/c1-5-6-11(16)14-10-7-8-15(9-10)12(17)18-13(2,3)4/h5-6,10H,7-9H2,1-4H3,(H,14,16)/b6-5+. The molecule has 1 rings (SSSR count). The second-order valence-electron chi connectivity index (χ2n) is 5.42. The summed E-state index contributed by atoms with van der Waals surface area (Å²) < 4.78 is 5.28. The highest BCUT2D eigenvalue weighted by Gasteiger charge is 2.30. The van der Waals surface area contributed by atoms with Crippen molar-refractivity contribution in [3.05, 3.63) is 12.2 Å². The Morgan fingerprint density at radius 2 is 2.06 bits per heavy atom. The third kappa shape index (κ3) is 4.77.